The number of nitrogens with zero attached hydrogens (tertiary/aromatic N) is 1. The maximum absolute atomic E-state index is 12.7. The molecule has 4 aromatic rings. The zero-order valence-corrected chi connectivity index (χ0v) is 16.8. The predicted octanol–water partition coefficient (Wildman–Crippen LogP) is 6.13. The number of hydrogen-bond acceptors (Lipinski definition) is 4. The number of nitrogens with one attached hydrogen (secondary N) is 1. The Bertz CT molecular complexity index is 1030. The zero-order chi connectivity index (χ0) is 20.1. The van der Waals surface area contributed by atoms with Gasteiger partial charge in [-0.25, -0.2) is 4.98 Å². The molecule has 0 spiro atoms. The fraction of sp³-hybridized carbons (Fsp3) is 0.0833. The van der Waals surface area contributed by atoms with Gasteiger partial charge in [-0.05, 0) is 36.8 Å². The second kappa shape index (κ2) is 8.71. The first-order valence-corrected chi connectivity index (χ1v) is 10.2. The van der Waals surface area contributed by atoms with Crippen LogP contribution in [0.4, 0.5) is 5.13 Å². The van der Waals surface area contributed by atoms with E-state index >= 15 is 0 Å². The van der Waals surface area contributed by atoms with Crippen molar-refractivity contribution in [3.8, 4) is 27.4 Å². The van der Waals surface area contributed by atoms with Crippen LogP contribution in [0.25, 0.3) is 21.7 Å². The Balaban J connectivity index is 1.64. The van der Waals surface area contributed by atoms with Crippen LogP contribution in [-0.4, -0.2) is 17.5 Å². The Labute approximate surface area is 173 Å². The summed E-state index contributed by atoms with van der Waals surface area (Å²) in [5.74, 6) is 0.553. The maximum Gasteiger partial charge on any atom is 0.257 e. The number of carbonyl (C=O) groups excluding carboxylic acids is 1. The lowest BCUT2D eigenvalue weighted by molar-refractivity contribution is 0.102. The molecule has 3 aromatic carbocycles. The summed E-state index contributed by atoms with van der Waals surface area (Å²) in [5, 5.41) is 3.51. The highest BCUT2D eigenvalue weighted by molar-refractivity contribution is 7.19. The molecular weight excluding hydrogens is 380 g/mol. The highest BCUT2D eigenvalue weighted by Gasteiger charge is 2.17. The van der Waals surface area contributed by atoms with Crippen LogP contribution in [0.5, 0.6) is 5.75 Å². The molecule has 0 saturated carbocycles. The van der Waals surface area contributed by atoms with Gasteiger partial charge in [0.25, 0.3) is 5.91 Å². The van der Waals surface area contributed by atoms with Gasteiger partial charge in [0.05, 0.1) is 17.2 Å². The monoisotopic (exact) mass is 400 g/mol. The number of aromatic nitrogens is 1. The fourth-order valence-electron chi connectivity index (χ4n) is 2.99. The number of rotatable bonds is 6. The summed E-state index contributed by atoms with van der Waals surface area (Å²) in [5.41, 5.74) is 3.52. The maximum atomic E-state index is 12.7. The molecule has 0 aliphatic carbocycles. The molecule has 0 unspecified atom stereocenters. The van der Waals surface area contributed by atoms with E-state index < -0.39 is 0 Å². The van der Waals surface area contributed by atoms with Crippen molar-refractivity contribution in [2.45, 2.75) is 6.92 Å². The molecule has 1 amide bonds. The molecule has 0 fully saturated rings. The van der Waals surface area contributed by atoms with E-state index in [2.05, 4.69) is 17.4 Å². The van der Waals surface area contributed by atoms with Gasteiger partial charge in [-0.2, -0.15) is 0 Å². The van der Waals surface area contributed by atoms with Crippen LogP contribution in [0.15, 0.2) is 84.9 Å². The summed E-state index contributed by atoms with van der Waals surface area (Å²) in [6.07, 6.45) is 0. The molecule has 0 aliphatic rings. The van der Waals surface area contributed by atoms with Crippen LogP contribution < -0.4 is 10.1 Å². The molecule has 144 valence electrons. The molecule has 4 rings (SSSR count). The average Bonchev–Trinajstić information content (AvgIpc) is 3.19. The first-order chi connectivity index (χ1) is 14.2. The summed E-state index contributed by atoms with van der Waals surface area (Å²) in [4.78, 5) is 18.4. The van der Waals surface area contributed by atoms with Gasteiger partial charge in [-0.1, -0.05) is 72.0 Å². The molecule has 0 saturated heterocycles. The van der Waals surface area contributed by atoms with E-state index in [1.807, 2.05) is 55.5 Å². The largest absolute Gasteiger partial charge is 0.494 e. The number of ether oxygens (including phenoxy) is 1. The molecule has 1 heterocycles. The Morgan fingerprint density at radius 1 is 0.897 bits per heavy atom. The second-order valence-corrected chi connectivity index (χ2v) is 7.34. The number of anilines is 1. The van der Waals surface area contributed by atoms with E-state index in [-0.39, 0.29) is 5.91 Å². The fourth-order valence-corrected chi connectivity index (χ4v) is 3.98. The molecule has 5 heteroatoms. The Hall–Kier alpha value is -3.44. The van der Waals surface area contributed by atoms with Crippen LogP contribution >= 0.6 is 11.3 Å². The Morgan fingerprint density at radius 3 is 2.14 bits per heavy atom. The highest BCUT2D eigenvalue weighted by Crippen LogP contribution is 2.39. The van der Waals surface area contributed by atoms with E-state index in [0.717, 1.165) is 27.4 Å². The molecule has 0 atom stereocenters. The lowest BCUT2D eigenvalue weighted by atomic mass is 10.1. The highest BCUT2D eigenvalue weighted by atomic mass is 32.1. The number of thiazole rings is 1. The first kappa shape index (κ1) is 18.9. The van der Waals surface area contributed by atoms with Gasteiger partial charge in [-0.3, -0.25) is 10.1 Å². The summed E-state index contributed by atoms with van der Waals surface area (Å²) in [7, 11) is 0. The average molecular weight is 401 g/mol. The molecule has 0 aliphatic heterocycles. The van der Waals surface area contributed by atoms with Gasteiger partial charge >= 0.3 is 0 Å². The normalized spacial score (nSPS) is 10.5. The van der Waals surface area contributed by atoms with Crippen molar-refractivity contribution in [3.63, 3.8) is 0 Å². The number of carbonyl (C=O) groups is 1. The smallest absolute Gasteiger partial charge is 0.257 e. The summed E-state index contributed by atoms with van der Waals surface area (Å²) >= 11 is 1.47. The predicted molar refractivity (Wildman–Crippen MR) is 119 cm³/mol. The van der Waals surface area contributed by atoms with Gasteiger partial charge in [-0.15, -0.1) is 0 Å². The van der Waals surface area contributed by atoms with Crippen LogP contribution in [0.3, 0.4) is 0 Å². The zero-order valence-electron chi connectivity index (χ0n) is 16.0. The summed E-state index contributed by atoms with van der Waals surface area (Å²) < 4.78 is 5.43. The third-order valence-electron chi connectivity index (χ3n) is 4.36. The number of hydrogen-bond donors (Lipinski definition) is 1. The minimum Gasteiger partial charge on any atom is -0.494 e. The van der Waals surface area contributed by atoms with Gasteiger partial charge in [0.2, 0.25) is 0 Å². The molecular formula is C24H20N2O2S. The lowest BCUT2D eigenvalue weighted by Gasteiger charge is -2.04. The third kappa shape index (κ3) is 4.36. The molecule has 29 heavy (non-hydrogen) atoms. The van der Waals surface area contributed by atoms with Crippen molar-refractivity contribution >= 4 is 22.4 Å². The quantitative estimate of drug-likeness (QED) is 0.424. The van der Waals surface area contributed by atoms with Crippen LogP contribution in [0.1, 0.15) is 17.3 Å². The standard InChI is InChI=1S/C24H20N2O2S/c1-2-28-20-15-13-19(14-16-20)23(27)26-24-25-21(17-9-5-3-6-10-17)22(29-24)18-11-7-4-8-12-18/h3-16H,2H2,1H3,(H,25,26,27). The topological polar surface area (TPSA) is 51.2 Å². The lowest BCUT2D eigenvalue weighted by Crippen LogP contribution is -2.11. The summed E-state index contributed by atoms with van der Waals surface area (Å²) in [6.45, 7) is 2.52. The van der Waals surface area contributed by atoms with Crippen LogP contribution in [0, 0.1) is 0 Å². The van der Waals surface area contributed by atoms with E-state index in [4.69, 9.17) is 9.72 Å². The van der Waals surface area contributed by atoms with Crippen molar-refractivity contribution in [2.24, 2.45) is 0 Å². The van der Waals surface area contributed by atoms with Gasteiger partial charge < -0.3 is 4.74 Å². The Morgan fingerprint density at radius 2 is 1.52 bits per heavy atom. The van der Waals surface area contributed by atoms with Crippen molar-refractivity contribution < 1.29 is 9.53 Å². The SMILES string of the molecule is CCOc1ccc(C(=O)Nc2nc(-c3ccccc3)c(-c3ccccc3)s2)cc1. The molecule has 0 radical (unpaired) electrons. The van der Waals surface area contributed by atoms with E-state index in [9.17, 15) is 4.79 Å². The van der Waals surface area contributed by atoms with Gasteiger partial charge in [0.15, 0.2) is 5.13 Å². The van der Waals surface area contributed by atoms with E-state index in [0.29, 0.717) is 17.3 Å². The Kier molecular flexibility index (Phi) is 5.68. The van der Waals surface area contributed by atoms with E-state index in [1.54, 1.807) is 24.3 Å². The van der Waals surface area contributed by atoms with Crippen molar-refractivity contribution in [3.05, 3.63) is 90.5 Å². The van der Waals surface area contributed by atoms with Crippen molar-refractivity contribution in [2.75, 3.05) is 11.9 Å². The summed E-state index contributed by atoms with van der Waals surface area (Å²) in [6, 6.07) is 27.2. The number of benzene rings is 3. The minimum absolute atomic E-state index is 0.193. The molecule has 1 N–H and O–H groups in total. The first-order valence-electron chi connectivity index (χ1n) is 9.40. The molecule has 0 bridgehead atoms. The third-order valence-corrected chi connectivity index (χ3v) is 5.38. The molecule has 1 aromatic heterocycles. The van der Waals surface area contributed by atoms with Crippen molar-refractivity contribution in [1.29, 1.82) is 0 Å². The van der Waals surface area contributed by atoms with Gasteiger partial charge in [0.1, 0.15) is 5.75 Å². The van der Waals surface area contributed by atoms with Crippen molar-refractivity contribution in [1.82, 2.24) is 4.98 Å². The second-order valence-electron chi connectivity index (χ2n) is 6.34. The van der Waals surface area contributed by atoms with Gasteiger partial charge in [0, 0.05) is 11.1 Å². The molecule has 4 nitrogen and oxygen atoms in total. The minimum atomic E-state index is -0.193. The van der Waals surface area contributed by atoms with Crippen LogP contribution in [-0.2, 0) is 0 Å². The van der Waals surface area contributed by atoms with Crippen LogP contribution in [0.2, 0.25) is 0 Å². The number of amides is 1. The van der Waals surface area contributed by atoms with E-state index in [1.165, 1.54) is 11.3 Å².